The van der Waals surface area contributed by atoms with Crippen molar-refractivity contribution in [3.63, 3.8) is 0 Å². The highest BCUT2D eigenvalue weighted by Gasteiger charge is 2.44. The fourth-order valence-corrected chi connectivity index (χ4v) is 6.38. The van der Waals surface area contributed by atoms with E-state index in [1.165, 1.54) is 4.31 Å². The van der Waals surface area contributed by atoms with Crippen LogP contribution in [0.15, 0.2) is 30.6 Å². The number of hydrogen-bond acceptors (Lipinski definition) is 5. The summed E-state index contributed by atoms with van der Waals surface area (Å²) in [4.78, 5) is 19.0. The number of benzene rings is 1. The minimum Gasteiger partial charge on any atom is -0.370 e. The number of terminal acetylenes is 1. The van der Waals surface area contributed by atoms with Crippen molar-refractivity contribution >= 4 is 27.3 Å². The number of fused-ring (bicyclic) bond motifs is 1. The van der Waals surface area contributed by atoms with Gasteiger partial charge in [0.05, 0.1) is 28.1 Å². The van der Waals surface area contributed by atoms with Gasteiger partial charge in [-0.15, -0.1) is 6.42 Å². The summed E-state index contributed by atoms with van der Waals surface area (Å²) in [6.07, 6.45) is 11.8. The van der Waals surface area contributed by atoms with E-state index < -0.39 is 10.0 Å². The summed E-state index contributed by atoms with van der Waals surface area (Å²) in [5, 5.41) is 2.98. The Kier molecular flexibility index (Phi) is 4.48. The molecule has 2 fully saturated rings. The number of nitrogens with one attached hydrogen (secondary N) is 1. The van der Waals surface area contributed by atoms with Gasteiger partial charge < -0.3 is 10.2 Å². The predicted octanol–water partition coefficient (Wildman–Crippen LogP) is 2.12. The van der Waals surface area contributed by atoms with Gasteiger partial charge in [0.15, 0.2) is 0 Å². The van der Waals surface area contributed by atoms with Crippen LogP contribution in [0.25, 0.3) is 11.1 Å². The molecule has 1 spiro atoms. The lowest BCUT2D eigenvalue weighted by molar-refractivity contribution is -0.128. The molecule has 3 aliphatic rings. The second-order valence-electron chi connectivity index (χ2n) is 8.57. The summed E-state index contributed by atoms with van der Waals surface area (Å²) in [6.45, 7) is 2.23. The molecule has 0 saturated carbocycles. The molecule has 5 rings (SSSR count). The number of piperidine rings is 1. The van der Waals surface area contributed by atoms with E-state index in [-0.39, 0.29) is 17.1 Å². The highest BCUT2D eigenvalue weighted by Crippen LogP contribution is 2.43. The van der Waals surface area contributed by atoms with Crippen molar-refractivity contribution in [3.8, 4) is 23.5 Å². The molecule has 1 aromatic heterocycles. The van der Waals surface area contributed by atoms with Crippen LogP contribution in [-0.4, -0.2) is 46.0 Å². The van der Waals surface area contributed by atoms with E-state index in [4.69, 9.17) is 6.42 Å². The molecular formula is C23H24N4O3S. The topological polar surface area (TPSA) is 82.6 Å². The molecule has 4 heterocycles. The quantitative estimate of drug-likeness (QED) is 0.730. The Bertz CT molecular complexity index is 1220. The molecule has 31 heavy (non-hydrogen) atoms. The number of carbonyl (C=O) groups is 1. The van der Waals surface area contributed by atoms with Gasteiger partial charge in [0, 0.05) is 44.6 Å². The Morgan fingerprint density at radius 1 is 1.19 bits per heavy atom. The smallest absolute Gasteiger partial charge is 0.239 e. The van der Waals surface area contributed by atoms with Gasteiger partial charge in [-0.2, -0.15) is 0 Å². The molecule has 160 valence electrons. The lowest BCUT2D eigenvalue weighted by atomic mass is 9.77. The monoisotopic (exact) mass is 436 g/mol. The first-order valence-electron chi connectivity index (χ1n) is 10.4. The molecule has 1 N–H and O–H groups in total. The Hall–Kier alpha value is -3.05. The van der Waals surface area contributed by atoms with Crippen molar-refractivity contribution in [2.75, 3.05) is 35.9 Å². The van der Waals surface area contributed by atoms with E-state index in [1.807, 2.05) is 18.2 Å². The van der Waals surface area contributed by atoms with Crippen LogP contribution in [0.5, 0.6) is 0 Å². The van der Waals surface area contributed by atoms with E-state index in [0.29, 0.717) is 11.3 Å². The number of anilines is 2. The highest BCUT2D eigenvalue weighted by atomic mass is 32.2. The summed E-state index contributed by atoms with van der Waals surface area (Å²) in [5.74, 6) is 2.92. The standard InChI is InChI=1S/C23H24N4O3S/c1-3-16-13-24-14-19(17-4-5-20-18(12-17)15-31(29,30)26(20)2)21(16)27-10-7-23(8-11-27)6-9-25-22(23)28/h1,4-5,12-14H,6-11,15H2,2H3,(H,25,28). The van der Waals surface area contributed by atoms with Crippen LogP contribution in [0.1, 0.15) is 30.4 Å². The van der Waals surface area contributed by atoms with E-state index in [0.717, 1.165) is 61.3 Å². The maximum Gasteiger partial charge on any atom is 0.239 e. The molecule has 0 unspecified atom stereocenters. The zero-order valence-electron chi connectivity index (χ0n) is 17.4. The van der Waals surface area contributed by atoms with Crippen molar-refractivity contribution in [3.05, 3.63) is 41.7 Å². The molecule has 1 aromatic carbocycles. The summed E-state index contributed by atoms with van der Waals surface area (Å²) in [5.41, 5.74) is 4.64. The molecule has 3 aliphatic heterocycles. The van der Waals surface area contributed by atoms with Gasteiger partial charge in [-0.25, -0.2) is 8.42 Å². The van der Waals surface area contributed by atoms with E-state index in [9.17, 15) is 13.2 Å². The van der Waals surface area contributed by atoms with Gasteiger partial charge in [-0.05, 0) is 42.5 Å². The lowest BCUT2D eigenvalue weighted by Crippen LogP contribution is -2.44. The van der Waals surface area contributed by atoms with Gasteiger partial charge in [0.2, 0.25) is 15.9 Å². The largest absolute Gasteiger partial charge is 0.370 e. The van der Waals surface area contributed by atoms with Crippen molar-refractivity contribution in [2.24, 2.45) is 5.41 Å². The number of amides is 1. The van der Waals surface area contributed by atoms with Crippen LogP contribution in [0, 0.1) is 17.8 Å². The Morgan fingerprint density at radius 2 is 1.97 bits per heavy atom. The normalized spacial score (nSPS) is 21.1. The number of hydrogen-bond donors (Lipinski definition) is 1. The second-order valence-corrected chi connectivity index (χ2v) is 10.6. The lowest BCUT2D eigenvalue weighted by Gasteiger charge is -2.39. The summed E-state index contributed by atoms with van der Waals surface area (Å²) >= 11 is 0. The van der Waals surface area contributed by atoms with E-state index in [2.05, 4.69) is 21.1 Å². The number of aromatic nitrogens is 1. The third-order valence-electron chi connectivity index (χ3n) is 6.97. The van der Waals surface area contributed by atoms with Gasteiger partial charge in [-0.3, -0.25) is 14.1 Å². The van der Waals surface area contributed by atoms with Crippen LogP contribution in [-0.2, 0) is 20.6 Å². The first-order valence-corrected chi connectivity index (χ1v) is 12.0. The fourth-order valence-electron chi connectivity index (χ4n) is 5.08. The summed E-state index contributed by atoms with van der Waals surface area (Å²) in [6, 6.07) is 5.69. The molecule has 2 saturated heterocycles. The molecule has 0 bridgehead atoms. The molecule has 1 amide bonds. The number of carbonyl (C=O) groups excluding carboxylic acids is 1. The SMILES string of the molecule is C#Cc1cncc(-c2ccc3c(c2)CS(=O)(=O)N3C)c1N1CCC2(CCNC2=O)CC1. The number of pyridine rings is 1. The molecule has 0 radical (unpaired) electrons. The van der Waals surface area contributed by atoms with E-state index >= 15 is 0 Å². The van der Waals surface area contributed by atoms with Gasteiger partial charge in [-0.1, -0.05) is 12.0 Å². The van der Waals surface area contributed by atoms with Crippen molar-refractivity contribution in [1.29, 1.82) is 0 Å². The van der Waals surface area contributed by atoms with Gasteiger partial charge in [0.25, 0.3) is 0 Å². The van der Waals surface area contributed by atoms with Crippen LogP contribution in [0.2, 0.25) is 0 Å². The second kappa shape index (κ2) is 6.99. The summed E-state index contributed by atoms with van der Waals surface area (Å²) in [7, 11) is -1.73. The van der Waals surface area contributed by atoms with Gasteiger partial charge in [0.1, 0.15) is 0 Å². The average molecular weight is 437 g/mol. The number of rotatable bonds is 2. The first kappa shape index (κ1) is 19.9. The highest BCUT2D eigenvalue weighted by molar-refractivity contribution is 7.92. The Morgan fingerprint density at radius 3 is 2.65 bits per heavy atom. The third-order valence-corrected chi connectivity index (χ3v) is 8.67. The van der Waals surface area contributed by atoms with Crippen molar-refractivity contribution < 1.29 is 13.2 Å². The number of sulfonamides is 1. The maximum absolute atomic E-state index is 12.4. The van der Waals surface area contributed by atoms with Crippen LogP contribution >= 0.6 is 0 Å². The molecule has 2 aromatic rings. The zero-order valence-corrected chi connectivity index (χ0v) is 18.2. The van der Waals surface area contributed by atoms with E-state index in [1.54, 1.807) is 19.4 Å². The third kappa shape index (κ3) is 3.07. The molecule has 7 nitrogen and oxygen atoms in total. The Balaban J connectivity index is 1.53. The maximum atomic E-state index is 12.4. The van der Waals surface area contributed by atoms with Crippen LogP contribution in [0.4, 0.5) is 11.4 Å². The minimum atomic E-state index is -3.31. The zero-order chi connectivity index (χ0) is 21.8. The molecule has 0 aliphatic carbocycles. The molecule has 0 atom stereocenters. The van der Waals surface area contributed by atoms with Crippen LogP contribution < -0.4 is 14.5 Å². The van der Waals surface area contributed by atoms with Crippen molar-refractivity contribution in [2.45, 2.75) is 25.0 Å². The number of nitrogens with zero attached hydrogens (tertiary/aromatic N) is 3. The first-order chi connectivity index (χ1) is 14.8. The summed E-state index contributed by atoms with van der Waals surface area (Å²) < 4.78 is 25.9. The average Bonchev–Trinajstić information content (AvgIpc) is 3.23. The fraction of sp³-hybridized carbons (Fsp3) is 0.391. The molecular weight excluding hydrogens is 412 g/mol. The predicted molar refractivity (Wildman–Crippen MR) is 120 cm³/mol. The van der Waals surface area contributed by atoms with Gasteiger partial charge >= 0.3 is 0 Å². The minimum absolute atomic E-state index is 0.00832. The van der Waals surface area contributed by atoms with Crippen molar-refractivity contribution in [1.82, 2.24) is 10.3 Å². The van der Waals surface area contributed by atoms with Crippen LogP contribution in [0.3, 0.4) is 0 Å². The molecule has 8 heteroatoms. The Labute approximate surface area is 182 Å².